The Bertz CT molecular complexity index is 920. The van der Waals surface area contributed by atoms with E-state index in [2.05, 4.69) is 16.0 Å². The van der Waals surface area contributed by atoms with E-state index in [1.807, 2.05) is 6.07 Å². The minimum Gasteiger partial charge on any atom is -0.378 e. The van der Waals surface area contributed by atoms with Crippen LogP contribution in [-0.2, 0) is 20.9 Å². The maximum atomic E-state index is 12.9. The van der Waals surface area contributed by atoms with E-state index in [-0.39, 0.29) is 18.7 Å². The summed E-state index contributed by atoms with van der Waals surface area (Å²) in [7, 11) is 0. The molecule has 9 heteroatoms. The van der Waals surface area contributed by atoms with Gasteiger partial charge in [-0.1, -0.05) is 6.07 Å². The van der Waals surface area contributed by atoms with Crippen LogP contribution in [0.2, 0.25) is 0 Å². The minimum atomic E-state index is -0.937. The standard InChI is InChI=1S/C21H24N4O5/c26-18-4-3-17(19(27)24-18)25-20(28)15-2-1-11(5-16(15)21(25)29)8-22-12-6-13-9-30-10-14(7-12)23-13/h1-2,5,12-14,17,22-23H,3-4,6-10H2,(H,24,26,27)/t12?,13-,14+,17?. The Kier molecular flexibility index (Phi) is 4.88. The van der Waals surface area contributed by atoms with Crippen LogP contribution in [0.15, 0.2) is 18.2 Å². The molecule has 0 aromatic heterocycles. The fourth-order valence-corrected chi connectivity index (χ4v) is 4.89. The largest absolute Gasteiger partial charge is 0.378 e. The quantitative estimate of drug-likeness (QED) is 0.581. The summed E-state index contributed by atoms with van der Waals surface area (Å²) in [5.74, 6) is -1.92. The first-order chi connectivity index (χ1) is 14.5. The number of fused-ring (bicyclic) bond motifs is 3. The summed E-state index contributed by atoms with van der Waals surface area (Å²) >= 11 is 0. The van der Waals surface area contributed by atoms with Crippen molar-refractivity contribution in [3.63, 3.8) is 0 Å². The van der Waals surface area contributed by atoms with Crippen molar-refractivity contribution in [3.05, 3.63) is 34.9 Å². The highest BCUT2D eigenvalue weighted by Gasteiger charge is 2.44. The molecule has 5 rings (SSSR count). The summed E-state index contributed by atoms with van der Waals surface area (Å²) in [5.41, 5.74) is 1.54. The van der Waals surface area contributed by atoms with Crippen LogP contribution < -0.4 is 16.0 Å². The Morgan fingerprint density at radius 1 is 1.03 bits per heavy atom. The van der Waals surface area contributed by atoms with Gasteiger partial charge in [-0.05, 0) is 37.0 Å². The first-order valence-electron chi connectivity index (χ1n) is 10.4. The molecule has 1 aromatic rings. The van der Waals surface area contributed by atoms with Crippen LogP contribution in [0.3, 0.4) is 0 Å². The van der Waals surface area contributed by atoms with Gasteiger partial charge in [0.15, 0.2) is 0 Å². The van der Waals surface area contributed by atoms with Gasteiger partial charge in [-0.15, -0.1) is 0 Å². The van der Waals surface area contributed by atoms with Crippen LogP contribution in [0.4, 0.5) is 0 Å². The number of nitrogens with one attached hydrogen (secondary N) is 3. The van der Waals surface area contributed by atoms with Gasteiger partial charge < -0.3 is 15.4 Å². The molecule has 2 bridgehead atoms. The highest BCUT2D eigenvalue weighted by molar-refractivity contribution is 6.23. The number of ether oxygens (including phenoxy) is 1. The number of rotatable bonds is 4. The Hall–Kier alpha value is -2.62. The molecule has 3 saturated heterocycles. The lowest BCUT2D eigenvalue weighted by Gasteiger charge is -2.40. The number of hydrogen-bond donors (Lipinski definition) is 3. The second-order valence-electron chi connectivity index (χ2n) is 8.47. The number of carbonyl (C=O) groups excluding carboxylic acids is 4. The highest BCUT2D eigenvalue weighted by Crippen LogP contribution is 2.28. The molecule has 4 amide bonds. The number of hydrogen-bond acceptors (Lipinski definition) is 7. The Labute approximate surface area is 173 Å². The summed E-state index contributed by atoms with van der Waals surface area (Å²) in [6.45, 7) is 2.07. The maximum Gasteiger partial charge on any atom is 0.262 e. The number of nitrogens with zero attached hydrogens (tertiary/aromatic N) is 1. The summed E-state index contributed by atoms with van der Waals surface area (Å²) in [6.07, 6.45) is 2.25. The molecule has 30 heavy (non-hydrogen) atoms. The smallest absolute Gasteiger partial charge is 0.262 e. The molecule has 4 aliphatic heterocycles. The van der Waals surface area contributed by atoms with Crippen molar-refractivity contribution >= 4 is 23.6 Å². The normalized spacial score (nSPS) is 31.0. The minimum absolute atomic E-state index is 0.113. The topological polar surface area (TPSA) is 117 Å². The average molecular weight is 412 g/mol. The van der Waals surface area contributed by atoms with Gasteiger partial charge >= 0.3 is 0 Å². The monoisotopic (exact) mass is 412 g/mol. The fraction of sp³-hybridized carbons (Fsp3) is 0.524. The van der Waals surface area contributed by atoms with Gasteiger partial charge in [0.05, 0.1) is 24.3 Å². The van der Waals surface area contributed by atoms with E-state index >= 15 is 0 Å². The van der Waals surface area contributed by atoms with Gasteiger partial charge in [0.25, 0.3) is 11.8 Å². The highest BCUT2D eigenvalue weighted by atomic mass is 16.5. The van der Waals surface area contributed by atoms with Gasteiger partial charge in [0, 0.05) is 31.1 Å². The lowest BCUT2D eigenvalue weighted by atomic mass is 9.92. The molecule has 9 nitrogen and oxygen atoms in total. The molecule has 2 unspecified atom stereocenters. The zero-order valence-corrected chi connectivity index (χ0v) is 16.5. The zero-order valence-electron chi connectivity index (χ0n) is 16.5. The van der Waals surface area contributed by atoms with Crippen molar-refractivity contribution in [2.45, 2.75) is 56.4 Å². The number of benzene rings is 1. The lowest BCUT2D eigenvalue weighted by Crippen LogP contribution is -2.57. The van der Waals surface area contributed by atoms with Gasteiger partial charge in [-0.25, -0.2) is 0 Å². The molecule has 4 aliphatic rings. The molecule has 4 atom stereocenters. The number of amides is 4. The predicted octanol–water partition coefficient (Wildman–Crippen LogP) is -0.303. The summed E-state index contributed by atoms with van der Waals surface area (Å²) in [6, 6.07) is 5.41. The van der Waals surface area contributed by atoms with E-state index in [1.165, 1.54) is 0 Å². The van der Waals surface area contributed by atoms with Crippen LogP contribution in [0.5, 0.6) is 0 Å². The summed E-state index contributed by atoms with van der Waals surface area (Å²) < 4.78 is 5.58. The molecule has 4 heterocycles. The van der Waals surface area contributed by atoms with Crippen molar-refractivity contribution in [2.24, 2.45) is 0 Å². The first-order valence-corrected chi connectivity index (χ1v) is 10.4. The second kappa shape index (κ2) is 7.57. The third kappa shape index (κ3) is 3.42. The number of carbonyl (C=O) groups is 4. The summed E-state index contributed by atoms with van der Waals surface area (Å²) in [4.78, 5) is 50.2. The van der Waals surface area contributed by atoms with Crippen molar-refractivity contribution in [3.8, 4) is 0 Å². The van der Waals surface area contributed by atoms with Crippen molar-refractivity contribution < 1.29 is 23.9 Å². The predicted molar refractivity (Wildman–Crippen MR) is 105 cm³/mol. The number of morpholine rings is 1. The second-order valence-corrected chi connectivity index (χ2v) is 8.47. The zero-order chi connectivity index (χ0) is 20.8. The number of imide groups is 2. The van der Waals surface area contributed by atoms with E-state index < -0.39 is 23.8 Å². The van der Waals surface area contributed by atoms with E-state index in [0.717, 1.165) is 36.5 Å². The molecule has 1 aromatic carbocycles. The summed E-state index contributed by atoms with van der Waals surface area (Å²) in [5, 5.41) is 9.34. The maximum absolute atomic E-state index is 12.9. The molecule has 0 aliphatic carbocycles. The van der Waals surface area contributed by atoms with E-state index in [9.17, 15) is 19.2 Å². The van der Waals surface area contributed by atoms with E-state index in [4.69, 9.17) is 4.74 Å². The molecule has 0 spiro atoms. The van der Waals surface area contributed by atoms with Crippen LogP contribution in [-0.4, -0.2) is 65.9 Å². The molecule has 0 saturated carbocycles. The lowest BCUT2D eigenvalue weighted by molar-refractivity contribution is -0.136. The van der Waals surface area contributed by atoms with Gasteiger partial charge in [0.1, 0.15) is 6.04 Å². The van der Waals surface area contributed by atoms with Gasteiger partial charge in [0.2, 0.25) is 11.8 Å². The van der Waals surface area contributed by atoms with Gasteiger partial charge in [-0.3, -0.25) is 29.4 Å². The van der Waals surface area contributed by atoms with E-state index in [1.54, 1.807) is 12.1 Å². The van der Waals surface area contributed by atoms with Crippen LogP contribution in [0, 0.1) is 0 Å². The SMILES string of the molecule is O=C1CCC(N2C(=O)c3ccc(CNC4C[C@H]5COC[C@@H](C4)N5)cc3C2=O)C(=O)N1. The van der Waals surface area contributed by atoms with E-state index in [0.29, 0.717) is 35.8 Å². The Morgan fingerprint density at radius 2 is 1.77 bits per heavy atom. The Balaban J connectivity index is 1.28. The molecular weight excluding hydrogens is 388 g/mol. The third-order valence-corrected chi connectivity index (χ3v) is 6.35. The Morgan fingerprint density at radius 3 is 2.50 bits per heavy atom. The first kappa shape index (κ1) is 19.3. The number of piperidine rings is 2. The van der Waals surface area contributed by atoms with Crippen molar-refractivity contribution in [1.82, 2.24) is 20.9 Å². The van der Waals surface area contributed by atoms with Crippen molar-refractivity contribution in [1.29, 1.82) is 0 Å². The molecule has 158 valence electrons. The molecule has 3 fully saturated rings. The molecular formula is C21H24N4O5. The fourth-order valence-electron chi connectivity index (χ4n) is 4.89. The average Bonchev–Trinajstić information content (AvgIpc) is 2.96. The molecule has 0 radical (unpaired) electrons. The van der Waals surface area contributed by atoms with Gasteiger partial charge in [-0.2, -0.15) is 0 Å². The van der Waals surface area contributed by atoms with Crippen LogP contribution in [0.1, 0.15) is 52.0 Å². The molecule has 3 N–H and O–H groups in total. The van der Waals surface area contributed by atoms with Crippen LogP contribution in [0.25, 0.3) is 0 Å². The third-order valence-electron chi connectivity index (χ3n) is 6.35. The van der Waals surface area contributed by atoms with Crippen LogP contribution >= 0.6 is 0 Å². The van der Waals surface area contributed by atoms with Crippen molar-refractivity contribution in [2.75, 3.05) is 13.2 Å².